The largest absolute Gasteiger partial charge is 0.464 e. The average molecular weight is 365 g/mol. The third-order valence-electron chi connectivity index (χ3n) is 4.12. The number of rotatable bonds is 4. The van der Waals surface area contributed by atoms with E-state index in [1.807, 2.05) is 38.1 Å². The number of allylic oxidation sites excluding steroid dienone is 1. The van der Waals surface area contributed by atoms with E-state index in [-0.39, 0.29) is 17.3 Å². The van der Waals surface area contributed by atoms with Crippen LogP contribution in [0.1, 0.15) is 10.6 Å². The second-order valence-corrected chi connectivity index (χ2v) is 7.81. The van der Waals surface area contributed by atoms with Crippen LogP contribution >= 0.6 is 23.1 Å². The number of aromatic nitrogens is 1. The van der Waals surface area contributed by atoms with Crippen molar-refractivity contribution in [1.82, 2.24) is 14.8 Å². The van der Waals surface area contributed by atoms with Crippen LogP contribution in [-0.2, 0) is 14.3 Å². The molecule has 3 rings (SSSR count). The van der Waals surface area contributed by atoms with E-state index in [1.54, 1.807) is 33.5 Å². The van der Waals surface area contributed by atoms with E-state index in [9.17, 15) is 9.59 Å². The van der Waals surface area contributed by atoms with Gasteiger partial charge in [0.1, 0.15) is 17.1 Å². The molecule has 0 aliphatic carbocycles. The Morgan fingerprint density at radius 1 is 1.46 bits per heavy atom. The minimum absolute atomic E-state index is 0.0381. The number of esters is 1. The highest BCUT2D eigenvalue weighted by Gasteiger charge is 2.54. The van der Waals surface area contributed by atoms with Gasteiger partial charge in [-0.15, -0.1) is 23.1 Å². The number of amides is 1. The van der Waals surface area contributed by atoms with Crippen molar-refractivity contribution in [2.45, 2.75) is 18.3 Å². The highest BCUT2D eigenvalue weighted by atomic mass is 32.2. The summed E-state index contributed by atoms with van der Waals surface area (Å²) in [6.07, 6.45) is 3.84. The van der Waals surface area contributed by atoms with Gasteiger partial charge in [-0.25, -0.2) is 9.78 Å². The number of β-lactam (4-membered cyclic amide) rings is 1. The molecule has 1 fully saturated rings. The molecule has 0 spiro atoms. The monoisotopic (exact) mass is 365 g/mol. The molecule has 2 atom stereocenters. The molecule has 0 radical (unpaired) electrons. The number of aryl methyl sites for hydroxylation is 1. The number of fused-ring (bicyclic) bond motifs is 1. The Morgan fingerprint density at radius 2 is 2.21 bits per heavy atom. The molecule has 6 nitrogen and oxygen atoms in total. The SMILES string of the molecule is COC(=O)C1=C(/C=C\c2scnc2C)CSC2C(N(C)C)C(=O)N12. The van der Waals surface area contributed by atoms with Gasteiger partial charge < -0.3 is 4.74 Å². The van der Waals surface area contributed by atoms with Gasteiger partial charge in [0.2, 0.25) is 5.91 Å². The first-order valence-corrected chi connectivity index (χ1v) is 9.39. The molecule has 0 saturated carbocycles. The van der Waals surface area contributed by atoms with Crippen LogP contribution < -0.4 is 0 Å². The summed E-state index contributed by atoms with van der Waals surface area (Å²) in [5.41, 5.74) is 3.91. The Labute approximate surface area is 149 Å². The molecular weight excluding hydrogens is 346 g/mol. The van der Waals surface area contributed by atoms with Gasteiger partial charge in [0.25, 0.3) is 0 Å². The van der Waals surface area contributed by atoms with Crippen molar-refractivity contribution < 1.29 is 14.3 Å². The maximum atomic E-state index is 12.5. The molecule has 2 aliphatic heterocycles. The van der Waals surface area contributed by atoms with Gasteiger partial charge in [-0.2, -0.15) is 0 Å². The second-order valence-electron chi connectivity index (χ2n) is 5.82. The standard InChI is InChI=1S/C16H19N3O3S2/c1-9-11(24-8-17-9)6-5-10-7-23-15-13(18(2)3)14(20)19(15)12(10)16(21)22-4/h5-6,8,13,15H,7H2,1-4H3/b6-5-. The number of hydrogen-bond donors (Lipinski definition) is 0. The molecule has 0 N–H and O–H groups in total. The van der Waals surface area contributed by atoms with Crippen molar-refractivity contribution in [3.05, 3.63) is 33.4 Å². The van der Waals surface area contributed by atoms with E-state index in [0.717, 1.165) is 16.1 Å². The zero-order valence-electron chi connectivity index (χ0n) is 14.0. The van der Waals surface area contributed by atoms with E-state index in [2.05, 4.69) is 4.98 Å². The predicted molar refractivity (Wildman–Crippen MR) is 95.5 cm³/mol. The molecule has 1 amide bonds. The van der Waals surface area contributed by atoms with Crippen LogP contribution in [0.4, 0.5) is 0 Å². The van der Waals surface area contributed by atoms with Crippen LogP contribution in [0.2, 0.25) is 0 Å². The predicted octanol–water partition coefficient (Wildman–Crippen LogP) is 1.74. The average Bonchev–Trinajstić information content (AvgIpc) is 2.96. The van der Waals surface area contributed by atoms with Crippen molar-refractivity contribution in [2.75, 3.05) is 27.0 Å². The summed E-state index contributed by atoms with van der Waals surface area (Å²) < 4.78 is 4.92. The topological polar surface area (TPSA) is 62.7 Å². The quantitative estimate of drug-likeness (QED) is 0.598. The lowest BCUT2D eigenvalue weighted by Gasteiger charge is -2.51. The summed E-state index contributed by atoms with van der Waals surface area (Å²) in [5, 5.41) is -0.0381. The molecule has 1 aromatic rings. The number of nitrogens with zero attached hydrogens (tertiary/aromatic N) is 3. The zero-order valence-corrected chi connectivity index (χ0v) is 15.6. The Morgan fingerprint density at radius 3 is 2.79 bits per heavy atom. The van der Waals surface area contributed by atoms with Gasteiger partial charge in [-0.1, -0.05) is 6.08 Å². The van der Waals surface area contributed by atoms with Crippen molar-refractivity contribution in [1.29, 1.82) is 0 Å². The van der Waals surface area contributed by atoms with Crippen molar-refractivity contribution >= 4 is 41.1 Å². The summed E-state index contributed by atoms with van der Waals surface area (Å²) in [5.74, 6) is 0.140. The molecule has 1 saturated heterocycles. The first kappa shape index (κ1) is 17.2. The van der Waals surface area contributed by atoms with E-state index >= 15 is 0 Å². The molecule has 128 valence electrons. The molecule has 3 heterocycles. The number of thiazole rings is 1. The smallest absolute Gasteiger partial charge is 0.355 e. The fourth-order valence-electron chi connectivity index (χ4n) is 2.83. The third kappa shape index (κ3) is 2.78. The van der Waals surface area contributed by atoms with E-state index in [0.29, 0.717) is 11.4 Å². The van der Waals surface area contributed by atoms with Gasteiger partial charge >= 0.3 is 5.97 Å². The molecule has 0 aromatic carbocycles. The summed E-state index contributed by atoms with van der Waals surface area (Å²) >= 11 is 3.21. The zero-order chi connectivity index (χ0) is 17.4. The normalized spacial score (nSPS) is 23.7. The summed E-state index contributed by atoms with van der Waals surface area (Å²) in [7, 11) is 5.10. The van der Waals surface area contributed by atoms with Crippen LogP contribution in [0.15, 0.2) is 22.9 Å². The van der Waals surface area contributed by atoms with Crippen LogP contribution in [0, 0.1) is 6.92 Å². The molecule has 8 heteroatoms. The third-order valence-corrected chi connectivity index (χ3v) is 6.31. The van der Waals surface area contributed by atoms with Gasteiger partial charge in [0.15, 0.2) is 0 Å². The number of thioether (sulfide) groups is 1. The maximum absolute atomic E-state index is 12.5. The maximum Gasteiger partial charge on any atom is 0.355 e. The van der Waals surface area contributed by atoms with Gasteiger partial charge in [0, 0.05) is 10.6 Å². The van der Waals surface area contributed by atoms with Crippen LogP contribution in [0.3, 0.4) is 0 Å². The minimum Gasteiger partial charge on any atom is -0.464 e. The highest BCUT2D eigenvalue weighted by Crippen LogP contribution is 2.42. The Balaban J connectivity index is 1.95. The van der Waals surface area contributed by atoms with Crippen LogP contribution in [-0.4, -0.2) is 65.0 Å². The number of carbonyl (C=O) groups excluding carboxylic acids is 2. The Hall–Kier alpha value is -1.64. The number of carbonyl (C=O) groups is 2. The van der Waals surface area contributed by atoms with E-state index < -0.39 is 5.97 Å². The fourth-order valence-corrected chi connectivity index (χ4v) is 5.00. The van der Waals surface area contributed by atoms with Gasteiger partial charge in [-0.05, 0) is 32.7 Å². The lowest BCUT2D eigenvalue weighted by molar-refractivity contribution is -0.154. The molecule has 24 heavy (non-hydrogen) atoms. The summed E-state index contributed by atoms with van der Waals surface area (Å²) in [6, 6.07) is -0.191. The first-order valence-electron chi connectivity index (χ1n) is 7.46. The number of methoxy groups -OCH3 is 1. The Kier molecular flexibility index (Phi) is 4.80. The van der Waals surface area contributed by atoms with Gasteiger partial charge in [0.05, 0.1) is 18.3 Å². The lowest BCUT2D eigenvalue weighted by Crippen LogP contribution is -2.69. The van der Waals surface area contributed by atoms with Gasteiger partial charge in [-0.3, -0.25) is 14.6 Å². The number of likely N-dealkylation sites (N-methyl/N-ethyl adjacent to an activating group) is 1. The van der Waals surface area contributed by atoms with Crippen molar-refractivity contribution in [3.63, 3.8) is 0 Å². The molecule has 2 aliphatic rings. The van der Waals surface area contributed by atoms with Crippen LogP contribution in [0.5, 0.6) is 0 Å². The summed E-state index contributed by atoms with van der Waals surface area (Å²) in [6.45, 7) is 1.94. The summed E-state index contributed by atoms with van der Waals surface area (Å²) in [4.78, 5) is 33.5. The molecular formula is C16H19N3O3S2. The van der Waals surface area contributed by atoms with E-state index in [4.69, 9.17) is 4.74 Å². The molecule has 1 aromatic heterocycles. The number of ether oxygens (including phenoxy) is 1. The van der Waals surface area contributed by atoms with Crippen molar-refractivity contribution in [2.24, 2.45) is 0 Å². The van der Waals surface area contributed by atoms with Crippen LogP contribution in [0.25, 0.3) is 6.08 Å². The van der Waals surface area contributed by atoms with E-state index in [1.165, 1.54) is 7.11 Å². The second kappa shape index (κ2) is 6.70. The van der Waals surface area contributed by atoms with Crippen molar-refractivity contribution in [3.8, 4) is 0 Å². The first-order chi connectivity index (χ1) is 11.5. The highest BCUT2D eigenvalue weighted by molar-refractivity contribution is 8.00. The Bertz CT molecular complexity index is 739. The molecule has 2 unspecified atom stereocenters. The lowest BCUT2D eigenvalue weighted by atomic mass is 10.0. The number of hydrogen-bond acceptors (Lipinski definition) is 7. The molecule has 0 bridgehead atoms. The minimum atomic E-state index is -0.466. The fraction of sp³-hybridized carbons (Fsp3) is 0.438.